The Morgan fingerprint density at radius 2 is 1.89 bits per heavy atom. The summed E-state index contributed by atoms with van der Waals surface area (Å²) >= 11 is 0. The lowest BCUT2D eigenvalue weighted by Crippen LogP contribution is -2.28. The van der Waals surface area contributed by atoms with Crippen LogP contribution in [0, 0.1) is 0 Å². The van der Waals surface area contributed by atoms with E-state index in [-0.39, 0.29) is 5.91 Å². The minimum Gasteiger partial charge on any atom is -0.438 e. The molecule has 0 spiro atoms. The summed E-state index contributed by atoms with van der Waals surface area (Å²) in [5.74, 6) is 0.756. The lowest BCUT2D eigenvalue weighted by Gasteiger charge is -2.10. The second kappa shape index (κ2) is 7.65. The zero-order valence-corrected chi connectivity index (χ0v) is 14.3. The number of anilines is 1. The predicted molar refractivity (Wildman–Crippen MR) is 99.6 cm³/mol. The maximum absolute atomic E-state index is 12.4. The average molecular weight is 360 g/mol. The van der Waals surface area contributed by atoms with Crippen molar-refractivity contribution in [2.75, 3.05) is 5.32 Å². The summed E-state index contributed by atoms with van der Waals surface area (Å²) in [5, 5.41) is 6.86. The highest BCUT2D eigenvalue weighted by atomic mass is 16.6. The van der Waals surface area contributed by atoms with Crippen molar-refractivity contribution in [3.05, 3.63) is 78.8 Å². The topological polar surface area (TPSA) is 85.7 Å². The number of aromatic nitrogens is 2. The molecule has 2 aromatic carbocycles. The fraction of sp³-hybridized carbons (Fsp3) is 0.100. The molecule has 7 heteroatoms. The largest absolute Gasteiger partial charge is 0.438 e. The summed E-state index contributed by atoms with van der Waals surface area (Å²) in [6, 6.07) is 16.6. The average Bonchev–Trinajstić information content (AvgIpc) is 3.21. The van der Waals surface area contributed by atoms with Crippen LogP contribution < -0.4 is 10.1 Å². The molecule has 7 nitrogen and oxygen atoms in total. The Morgan fingerprint density at radius 1 is 1.07 bits per heavy atom. The first-order valence-electron chi connectivity index (χ1n) is 8.41. The highest BCUT2D eigenvalue weighted by Crippen LogP contribution is 2.22. The van der Waals surface area contributed by atoms with Gasteiger partial charge in [0.1, 0.15) is 5.75 Å². The summed E-state index contributed by atoms with van der Waals surface area (Å²) in [5.41, 5.74) is 2.37. The highest BCUT2D eigenvalue weighted by Gasteiger charge is 2.28. The third-order valence-corrected chi connectivity index (χ3v) is 3.95. The monoisotopic (exact) mass is 360 g/mol. The summed E-state index contributed by atoms with van der Waals surface area (Å²) in [4.78, 5) is 25.7. The summed E-state index contributed by atoms with van der Waals surface area (Å²) in [6.07, 6.45) is 4.44. The van der Waals surface area contributed by atoms with Crippen LogP contribution in [0.3, 0.4) is 0 Å². The summed E-state index contributed by atoms with van der Waals surface area (Å²) < 4.78 is 5.57. The smallest absolute Gasteiger partial charge is 0.268 e. The van der Waals surface area contributed by atoms with Gasteiger partial charge in [-0.3, -0.25) is 9.78 Å². The van der Waals surface area contributed by atoms with E-state index in [1.165, 1.54) is 6.20 Å². The van der Waals surface area contributed by atoms with Crippen LogP contribution in [-0.4, -0.2) is 27.7 Å². The van der Waals surface area contributed by atoms with Crippen molar-refractivity contribution in [2.45, 2.75) is 12.5 Å². The predicted octanol–water partition coefficient (Wildman–Crippen LogP) is 3.40. The Hall–Kier alpha value is -3.74. The van der Waals surface area contributed by atoms with E-state index < -0.39 is 6.10 Å². The van der Waals surface area contributed by atoms with Crippen molar-refractivity contribution in [3.8, 4) is 11.6 Å². The first-order chi connectivity index (χ1) is 13.3. The van der Waals surface area contributed by atoms with Gasteiger partial charge in [0.05, 0.1) is 11.9 Å². The van der Waals surface area contributed by atoms with Crippen LogP contribution in [0.2, 0.25) is 0 Å². The number of amides is 1. The molecule has 1 atom stereocenters. The molecule has 1 aliphatic rings. The van der Waals surface area contributed by atoms with Crippen LogP contribution >= 0.6 is 0 Å². The molecular formula is C20H16N4O3. The molecule has 0 radical (unpaired) electrons. The van der Waals surface area contributed by atoms with E-state index >= 15 is 0 Å². The molecule has 0 aliphatic carbocycles. The molecule has 134 valence electrons. The molecular weight excluding hydrogens is 344 g/mol. The Kier molecular flexibility index (Phi) is 4.74. The lowest BCUT2D eigenvalue weighted by atomic mass is 10.0. The first-order valence-corrected chi connectivity index (χ1v) is 8.41. The van der Waals surface area contributed by atoms with Gasteiger partial charge in [-0.25, -0.2) is 4.98 Å². The van der Waals surface area contributed by atoms with E-state index in [0.29, 0.717) is 23.7 Å². The zero-order valence-electron chi connectivity index (χ0n) is 14.3. The number of nitrogens with one attached hydrogen (secondary N) is 1. The maximum Gasteiger partial charge on any atom is 0.268 e. The minimum absolute atomic E-state index is 0.243. The Bertz CT molecular complexity index is 944. The van der Waals surface area contributed by atoms with E-state index in [1.807, 2.05) is 30.3 Å². The van der Waals surface area contributed by atoms with Gasteiger partial charge in [0.25, 0.3) is 5.91 Å². The number of benzene rings is 2. The van der Waals surface area contributed by atoms with Crippen LogP contribution in [0.15, 0.2) is 78.3 Å². The van der Waals surface area contributed by atoms with E-state index in [0.717, 1.165) is 11.3 Å². The zero-order chi connectivity index (χ0) is 18.5. The van der Waals surface area contributed by atoms with Crippen molar-refractivity contribution < 1.29 is 14.4 Å². The Balaban J connectivity index is 1.34. The van der Waals surface area contributed by atoms with Crippen LogP contribution in [0.1, 0.15) is 12.0 Å². The van der Waals surface area contributed by atoms with E-state index in [2.05, 4.69) is 20.4 Å². The Morgan fingerprint density at radius 3 is 2.63 bits per heavy atom. The van der Waals surface area contributed by atoms with Crippen molar-refractivity contribution in [1.82, 2.24) is 9.97 Å². The first kappa shape index (κ1) is 16.7. The SMILES string of the molecule is O=C(Nc1ccc(Oc2cnccn2)cc1)C1CC(c2ccccc2)=NO1. The fourth-order valence-corrected chi connectivity index (χ4v) is 2.61. The van der Waals surface area contributed by atoms with Gasteiger partial charge in [-0.05, 0) is 29.8 Å². The molecule has 4 rings (SSSR count). The standard InChI is InChI=1S/C20H16N4O3/c25-20(18-12-17(24-27-18)14-4-2-1-3-5-14)23-15-6-8-16(9-7-15)26-19-13-21-10-11-22-19/h1-11,13,18H,12H2,(H,23,25). The van der Waals surface area contributed by atoms with Gasteiger partial charge in [0.2, 0.25) is 12.0 Å². The number of rotatable bonds is 5. The third-order valence-electron chi connectivity index (χ3n) is 3.95. The van der Waals surface area contributed by atoms with E-state index in [9.17, 15) is 4.79 Å². The van der Waals surface area contributed by atoms with Gasteiger partial charge in [-0.15, -0.1) is 0 Å². The van der Waals surface area contributed by atoms with Crippen molar-refractivity contribution >= 4 is 17.3 Å². The number of nitrogens with zero attached hydrogens (tertiary/aromatic N) is 3. The number of carbonyl (C=O) groups excluding carboxylic acids is 1. The molecule has 0 fully saturated rings. The van der Waals surface area contributed by atoms with Crippen molar-refractivity contribution in [3.63, 3.8) is 0 Å². The number of ether oxygens (including phenoxy) is 1. The van der Waals surface area contributed by atoms with Gasteiger partial charge >= 0.3 is 0 Å². The number of carbonyl (C=O) groups is 1. The van der Waals surface area contributed by atoms with Crippen LogP contribution in [0.5, 0.6) is 11.6 Å². The van der Waals surface area contributed by atoms with Gasteiger partial charge < -0.3 is 14.9 Å². The van der Waals surface area contributed by atoms with Crippen molar-refractivity contribution in [2.24, 2.45) is 5.16 Å². The normalized spacial score (nSPS) is 15.6. The van der Waals surface area contributed by atoms with Crippen LogP contribution in [0.4, 0.5) is 5.69 Å². The van der Waals surface area contributed by atoms with Gasteiger partial charge in [-0.1, -0.05) is 35.5 Å². The minimum atomic E-state index is -0.643. The number of hydrogen-bond acceptors (Lipinski definition) is 6. The maximum atomic E-state index is 12.4. The molecule has 0 saturated heterocycles. The molecule has 1 unspecified atom stereocenters. The second-order valence-electron chi connectivity index (χ2n) is 5.86. The molecule has 1 aliphatic heterocycles. The second-order valence-corrected chi connectivity index (χ2v) is 5.86. The molecule has 0 saturated carbocycles. The highest BCUT2D eigenvalue weighted by molar-refractivity contribution is 6.06. The number of oxime groups is 1. The molecule has 1 N–H and O–H groups in total. The van der Waals surface area contributed by atoms with E-state index in [1.54, 1.807) is 36.7 Å². The Labute approximate surface area is 155 Å². The third kappa shape index (κ3) is 4.09. The van der Waals surface area contributed by atoms with Gasteiger partial charge in [0, 0.05) is 24.5 Å². The molecule has 3 aromatic rings. The van der Waals surface area contributed by atoms with Crippen molar-refractivity contribution in [1.29, 1.82) is 0 Å². The van der Waals surface area contributed by atoms with Crippen LogP contribution in [0.25, 0.3) is 0 Å². The molecule has 0 bridgehead atoms. The molecule has 1 amide bonds. The summed E-state index contributed by atoms with van der Waals surface area (Å²) in [7, 11) is 0. The van der Waals surface area contributed by atoms with Gasteiger partial charge in [0.15, 0.2) is 0 Å². The molecule has 1 aromatic heterocycles. The molecule has 2 heterocycles. The van der Waals surface area contributed by atoms with Gasteiger partial charge in [-0.2, -0.15) is 0 Å². The summed E-state index contributed by atoms with van der Waals surface area (Å²) in [6.45, 7) is 0. The lowest BCUT2D eigenvalue weighted by molar-refractivity contribution is -0.125. The van der Waals surface area contributed by atoms with Crippen LogP contribution in [-0.2, 0) is 9.63 Å². The fourth-order valence-electron chi connectivity index (χ4n) is 2.61. The van der Waals surface area contributed by atoms with E-state index in [4.69, 9.17) is 9.57 Å². The number of hydrogen-bond donors (Lipinski definition) is 1. The quantitative estimate of drug-likeness (QED) is 0.754. The molecule has 27 heavy (non-hydrogen) atoms.